The van der Waals surface area contributed by atoms with Crippen molar-refractivity contribution in [3.8, 4) is 0 Å². The molecule has 0 saturated carbocycles. The number of hydrogen-bond donors (Lipinski definition) is 3. The van der Waals surface area contributed by atoms with Crippen LogP contribution in [0.25, 0.3) is 6.08 Å². The van der Waals surface area contributed by atoms with E-state index in [9.17, 15) is 19.8 Å². The summed E-state index contributed by atoms with van der Waals surface area (Å²) >= 11 is 0. The minimum atomic E-state index is -1.26. The Balaban J connectivity index is 1.87. The van der Waals surface area contributed by atoms with Crippen molar-refractivity contribution < 1.29 is 33.7 Å². The Morgan fingerprint density at radius 2 is 1.97 bits per heavy atom. The number of epoxide rings is 1. The van der Waals surface area contributed by atoms with E-state index < -0.39 is 35.6 Å². The van der Waals surface area contributed by atoms with Crippen LogP contribution in [0.5, 0.6) is 0 Å². The van der Waals surface area contributed by atoms with Gasteiger partial charge in [0.1, 0.15) is 23.8 Å². The van der Waals surface area contributed by atoms with Crippen LogP contribution < -0.4 is 5.73 Å². The number of aliphatic hydroxyl groups is 2. The summed E-state index contributed by atoms with van der Waals surface area (Å²) in [6.07, 6.45) is 3.49. The number of carbonyl (C=O) groups excluding carboxylic acids is 2. The van der Waals surface area contributed by atoms with E-state index in [1.165, 1.54) is 6.26 Å². The van der Waals surface area contributed by atoms with Gasteiger partial charge in [-0.3, -0.25) is 9.59 Å². The van der Waals surface area contributed by atoms with Crippen molar-refractivity contribution in [3.05, 3.63) is 23.4 Å². The maximum absolute atomic E-state index is 13.5. The van der Waals surface area contributed by atoms with E-state index in [2.05, 4.69) is 11.9 Å². The predicted octanol–water partition coefficient (Wildman–Crippen LogP) is 3.55. The number of rotatable bonds is 4. The molecule has 37 heavy (non-hydrogen) atoms. The van der Waals surface area contributed by atoms with Gasteiger partial charge in [0.05, 0.1) is 42.3 Å². The highest BCUT2D eigenvalue weighted by molar-refractivity contribution is 5.88. The quantitative estimate of drug-likeness (QED) is 0.400. The average Bonchev–Trinajstić information content (AvgIpc) is 3.24. The van der Waals surface area contributed by atoms with Crippen LogP contribution in [0, 0.1) is 17.3 Å². The molecule has 3 heterocycles. The first-order valence-corrected chi connectivity index (χ1v) is 13.4. The molecule has 0 spiro atoms. The third-order valence-electron chi connectivity index (χ3n) is 8.30. The van der Waals surface area contributed by atoms with Crippen LogP contribution in [-0.2, 0) is 25.6 Å². The number of Topliss-reactive ketones (excluding diaryl/α,β-unsaturated/α-hetero) is 1. The Bertz CT molecular complexity index is 987. The molecule has 2 aliphatic rings. The largest absolute Gasteiger partial charge is 0.458 e. The Hall–Kier alpha value is -2.07. The van der Waals surface area contributed by atoms with Crippen LogP contribution in [-0.4, -0.2) is 57.0 Å². The molecule has 0 aliphatic carbocycles. The first kappa shape index (κ1) is 29.5. The number of hydrogen-bond acceptors (Lipinski definition) is 9. The summed E-state index contributed by atoms with van der Waals surface area (Å²) in [7, 11) is 0. The number of nitrogens with two attached hydrogens (primary N) is 1. The number of oxazole rings is 1. The van der Waals surface area contributed by atoms with E-state index in [1.54, 1.807) is 19.9 Å². The lowest BCUT2D eigenvalue weighted by molar-refractivity contribution is -0.154. The number of esters is 1. The van der Waals surface area contributed by atoms with Crippen molar-refractivity contribution in [2.24, 2.45) is 23.0 Å². The van der Waals surface area contributed by atoms with E-state index in [0.29, 0.717) is 24.4 Å². The van der Waals surface area contributed by atoms with Crippen molar-refractivity contribution in [2.45, 2.75) is 117 Å². The molecule has 9 nitrogen and oxygen atoms in total. The number of ether oxygens (including phenoxy) is 2. The smallest absolute Gasteiger partial charge is 0.309 e. The zero-order chi connectivity index (χ0) is 27.5. The number of aromatic nitrogens is 1. The molecule has 1 aromatic heterocycles. The highest BCUT2D eigenvalue weighted by Gasteiger charge is 2.53. The normalized spacial score (nSPS) is 36.1. The zero-order valence-corrected chi connectivity index (χ0v) is 23.0. The van der Waals surface area contributed by atoms with Gasteiger partial charge in [-0.1, -0.05) is 34.1 Å². The number of aliphatic hydroxyl groups excluding tert-OH is 2. The lowest BCUT2D eigenvalue weighted by Gasteiger charge is -2.35. The number of ketones is 1. The van der Waals surface area contributed by atoms with Crippen LogP contribution in [0.2, 0.25) is 0 Å². The summed E-state index contributed by atoms with van der Waals surface area (Å²) < 4.78 is 17.2. The van der Waals surface area contributed by atoms with E-state index >= 15 is 0 Å². The second-order valence-electron chi connectivity index (χ2n) is 11.6. The summed E-state index contributed by atoms with van der Waals surface area (Å²) in [4.78, 5) is 30.8. The van der Waals surface area contributed by atoms with Gasteiger partial charge >= 0.3 is 5.97 Å². The number of carbonyl (C=O) groups is 2. The fraction of sp³-hybridized carbons (Fsp3) is 0.750. The van der Waals surface area contributed by atoms with Gasteiger partial charge in [-0.15, -0.1) is 0 Å². The van der Waals surface area contributed by atoms with Gasteiger partial charge in [-0.2, -0.15) is 0 Å². The van der Waals surface area contributed by atoms with E-state index in [4.69, 9.17) is 19.6 Å². The Labute approximate surface area is 219 Å². The molecular formula is C28H44N2O7. The number of cyclic esters (lactones) is 1. The van der Waals surface area contributed by atoms with Gasteiger partial charge in [-0.25, -0.2) is 4.98 Å². The molecule has 0 bridgehead atoms. The fourth-order valence-electron chi connectivity index (χ4n) is 5.33. The number of fused-ring (bicyclic) bond motifs is 1. The van der Waals surface area contributed by atoms with Gasteiger partial charge in [-0.05, 0) is 50.7 Å². The average molecular weight is 521 g/mol. The summed E-state index contributed by atoms with van der Waals surface area (Å²) in [6.45, 7) is 11.2. The third-order valence-corrected chi connectivity index (χ3v) is 8.30. The molecule has 1 aromatic rings. The Morgan fingerprint density at radius 1 is 1.27 bits per heavy atom. The van der Waals surface area contributed by atoms with Crippen molar-refractivity contribution >= 4 is 17.8 Å². The van der Waals surface area contributed by atoms with Crippen LogP contribution in [0.1, 0.15) is 91.7 Å². The van der Waals surface area contributed by atoms with Crippen molar-refractivity contribution in [1.82, 2.24) is 4.98 Å². The minimum absolute atomic E-state index is 0.0840. The lowest BCUT2D eigenvalue weighted by Crippen LogP contribution is -2.46. The SMILES string of the molecule is CC[C@H]1C(=O)C(C)(C)[C@@H](O)CC(=O)O[C@H](/C(C)=C\c2coc(CN)n2)C[C@@H]2O[C@@]2(C)CCC[C@H](C)[C@@H]1O. The maximum Gasteiger partial charge on any atom is 0.309 e. The van der Waals surface area contributed by atoms with Crippen LogP contribution in [0.3, 0.4) is 0 Å². The van der Waals surface area contributed by atoms with Gasteiger partial charge in [0, 0.05) is 12.3 Å². The molecule has 2 aliphatic heterocycles. The first-order chi connectivity index (χ1) is 17.3. The highest BCUT2D eigenvalue weighted by Crippen LogP contribution is 2.45. The predicted molar refractivity (Wildman–Crippen MR) is 138 cm³/mol. The molecule has 2 fully saturated rings. The fourth-order valence-corrected chi connectivity index (χ4v) is 5.33. The van der Waals surface area contributed by atoms with Crippen molar-refractivity contribution in [1.29, 1.82) is 0 Å². The molecule has 0 aromatic carbocycles. The first-order valence-electron chi connectivity index (χ1n) is 13.4. The molecule has 3 rings (SSSR count). The van der Waals surface area contributed by atoms with Crippen molar-refractivity contribution in [2.75, 3.05) is 0 Å². The molecule has 0 unspecified atom stereocenters. The molecule has 4 N–H and O–H groups in total. The standard InChI is InChI=1S/C28H44N2O7/c1-7-19-25(33)16(2)9-8-10-28(6)22(37-28)12-20(17(3)11-18-15-35-23(14-29)30-18)36-24(32)13-21(31)27(4,5)26(19)34/h11,15-16,19-22,25,31,33H,7-10,12-14,29H2,1-6H3/b17-11-/t16-,19+,20-,21-,22-,25-,28-/m0/s1. The second kappa shape index (κ2) is 11.8. The summed E-state index contributed by atoms with van der Waals surface area (Å²) in [6, 6.07) is 0. The third kappa shape index (κ3) is 6.88. The maximum atomic E-state index is 13.5. The monoisotopic (exact) mass is 520 g/mol. The molecule has 0 amide bonds. The van der Waals surface area contributed by atoms with Gasteiger partial charge in [0.2, 0.25) is 5.89 Å². The van der Waals surface area contributed by atoms with E-state index in [-0.39, 0.29) is 36.4 Å². The molecule has 0 radical (unpaired) electrons. The summed E-state index contributed by atoms with van der Waals surface area (Å²) in [5.41, 5.74) is 5.36. The molecule has 208 valence electrons. The lowest BCUT2D eigenvalue weighted by atomic mass is 9.71. The Morgan fingerprint density at radius 3 is 2.59 bits per heavy atom. The van der Waals surface area contributed by atoms with Gasteiger partial charge in [0.25, 0.3) is 0 Å². The van der Waals surface area contributed by atoms with Crippen LogP contribution in [0.15, 0.2) is 16.3 Å². The Kier molecular flexibility index (Phi) is 9.37. The minimum Gasteiger partial charge on any atom is -0.458 e. The topological polar surface area (TPSA) is 148 Å². The molecule has 7 atom stereocenters. The molecule has 2 saturated heterocycles. The van der Waals surface area contributed by atoms with Crippen LogP contribution >= 0.6 is 0 Å². The van der Waals surface area contributed by atoms with Crippen LogP contribution in [0.4, 0.5) is 0 Å². The second-order valence-corrected chi connectivity index (χ2v) is 11.6. The summed E-state index contributed by atoms with van der Waals surface area (Å²) in [5.74, 6) is -1.15. The highest BCUT2D eigenvalue weighted by atomic mass is 16.6. The molecule has 9 heteroatoms. The van der Waals surface area contributed by atoms with Crippen molar-refractivity contribution in [3.63, 3.8) is 0 Å². The van der Waals surface area contributed by atoms with E-state index in [0.717, 1.165) is 24.8 Å². The summed E-state index contributed by atoms with van der Waals surface area (Å²) in [5, 5.41) is 22.0. The van der Waals surface area contributed by atoms with Gasteiger partial charge < -0.3 is 29.8 Å². The van der Waals surface area contributed by atoms with Gasteiger partial charge in [0.15, 0.2) is 0 Å². The molecular weight excluding hydrogens is 476 g/mol. The zero-order valence-electron chi connectivity index (χ0n) is 23.0. The number of nitrogens with zero attached hydrogens (tertiary/aromatic N) is 1. The van der Waals surface area contributed by atoms with E-state index in [1.807, 2.05) is 20.8 Å².